The summed E-state index contributed by atoms with van der Waals surface area (Å²) in [7, 11) is 0. The number of nitrogens with one attached hydrogen (secondary N) is 1. The van der Waals surface area contributed by atoms with E-state index in [1.807, 2.05) is 6.26 Å². The molecule has 0 saturated carbocycles. The van der Waals surface area contributed by atoms with Crippen molar-refractivity contribution >= 4 is 45.5 Å². The Labute approximate surface area is 93.8 Å². The first-order valence-electron chi connectivity index (χ1n) is 3.72. The second-order valence-electron chi connectivity index (χ2n) is 2.49. The van der Waals surface area contributed by atoms with E-state index >= 15 is 0 Å². The average molecular weight is 239 g/mol. The van der Waals surface area contributed by atoms with E-state index in [1.165, 1.54) is 17.7 Å². The molecule has 2 aromatic rings. The van der Waals surface area contributed by atoms with Crippen molar-refractivity contribution in [3.8, 4) is 6.07 Å². The van der Waals surface area contributed by atoms with Crippen molar-refractivity contribution in [3.63, 3.8) is 0 Å². The fourth-order valence-electron chi connectivity index (χ4n) is 1.14. The summed E-state index contributed by atoms with van der Waals surface area (Å²) >= 11 is 8.19. The van der Waals surface area contributed by atoms with Crippen molar-refractivity contribution in [2.24, 2.45) is 0 Å². The fourth-order valence-corrected chi connectivity index (χ4v) is 3.18. The van der Waals surface area contributed by atoms with Gasteiger partial charge in [-0.15, -0.1) is 23.1 Å². The molecule has 2 rings (SSSR count). The Bertz CT molecular complexity index is 576. The maximum atomic E-state index is 8.99. The van der Waals surface area contributed by atoms with Gasteiger partial charge in [0.1, 0.15) is 21.8 Å². The highest BCUT2D eigenvalue weighted by molar-refractivity contribution is 8.00. The van der Waals surface area contributed by atoms with Gasteiger partial charge in [-0.05, 0) is 6.26 Å². The molecule has 0 atom stereocenters. The van der Waals surface area contributed by atoms with Gasteiger partial charge in [0.15, 0.2) is 0 Å². The van der Waals surface area contributed by atoms with Gasteiger partial charge in [0.25, 0.3) is 0 Å². The minimum atomic E-state index is 0.637. The molecule has 2 heterocycles. The number of nitriles is 1. The predicted octanol–water partition coefficient (Wildman–Crippen LogP) is 2.95. The Morgan fingerprint density at radius 3 is 3.14 bits per heavy atom. The number of rotatable bonds is 1. The number of nitrogens with zero attached hydrogens (tertiary/aromatic N) is 2. The zero-order chi connectivity index (χ0) is 10.1. The summed E-state index contributed by atoms with van der Waals surface area (Å²) in [6, 6.07) is 2.16. The van der Waals surface area contributed by atoms with Crippen LogP contribution in [0.3, 0.4) is 0 Å². The smallest absolute Gasteiger partial charge is 0.124 e. The summed E-state index contributed by atoms with van der Waals surface area (Å²) in [5, 5.41) is 8.99. The Morgan fingerprint density at radius 2 is 2.50 bits per heavy atom. The molecule has 0 unspecified atom stereocenters. The first-order valence-corrected chi connectivity index (χ1v) is 6.17. The van der Waals surface area contributed by atoms with E-state index in [1.54, 1.807) is 11.8 Å². The zero-order valence-corrected chi connectivity index (χ0v) is 9.65. The van der Waals surface area contributed by atoms with Gasteiger partial charge < -0.3 is 4.98 Å². The molecule has 0 aliphatic rings. The molecule has 0 fully saturated rings. The highest BCUT2D eigenvalue weighted by atomic mass is 32.2. The Morgan fingerprint density at radius 1 is 1.71 bits per heavy atom. The number of thiophene rings is 1. The maximum Gasteiger partial charge on any atom is 0.124 e. The normalized spacial score (nSPS) is 10.3. The van der Waals surface area contributed by atoms with Gasteiger partial charge in [-0.3, -0.25) is 0 Å². The van der Waals surface area contributed by atoms with Crippen LogP contribution in [-0.2, 0) is 0 Å². The standard InChI is InChI=1S/C8H5N3S3/c1-13-8-4(2-9)5-6(14-8)7(12)11-3-10-5/h3H,1H3,(H,10,11,12). The van der Waals surface area contributed by atoms with Gasteiger partial charge in [0, 0.05) is 0 Å². The number of aromatic nitrogens is 2. The van der Waals surface area contributed by atoms with Crippen molar-refractivity contribution in [2.75, 3.05) is 6.26 Å². The average Bonchev–Trinajstić information content (AvgIpc) is 2.57. The van der Waals surface area contributed by atoms with Crippen LogP contribution in [0.5, 0.6) is 0 Å². The lowest BCUT2D eigenvalue weighted by Crippen LogP contribution is -1.80. The van der Waals surface area contributed by atoms with E-state index in [0.717, 1.165) is 8.91 Å². The molecule has 0 radical (unpaired) electrons. The topological polar surface area (TPSA) is 52.5 Å². The van der Waals surface area contributed by atoms with Crippen molar-refractivity contribution in [1.29, 1.82) is 5.26 Å². The summed E-state index contributed by atoms with van der Waals surface area (Å²) in [5.74, 6) is 0. The number of hydrogen-bond donors (Lipinski definition) is 1. The Balaban J connectivity index is 2.95. The van der Waals surface area contributed by atoms with Crippen LogP contribution in [0.2, 0.25) is 0 Å². The largest absolute Gasteiger partial charge is 0.336 e. The van der Waals surface area contributed by atoms with Gasteiger partial charge in [0.2, 0.25) is 0 Å². The minimum Gasteiger partial charge on any atom is -0.336 e. The molecule has 0 amide bonds. The highest BCUT2D eigenvalue weighted by Gasteiger charge is 2.12. The van der Waals surface area contributed by atoms with Crippen LogP contribution in [0.4, 0.5) is 0 Å². The van der Waals surface area contributed by atoms with Crippen molar-refractivity contribution in [1.82, 2.24) is 9.97 Å². The molecule has 0 bridgehead atoms. The number of fused-ring (bicyclic) bond motifs is 1. The molecule has 14 heavy (non-hydrogen) atoms. The summed E-state index contributed by atoms with van der Waals surface area (Å²) in [6.45, 7) is 0. The van der Waals surface area contributed by atoms with Crippen LogP contribution in [0.25, 0.3) is 10.2 Å². The van der Waals surface area contributed by atoms with Crippen LogP contribution >= 0.6 is 35.3 Å². The van der Waals surface area contributed by atoms with Crippen LogP contribution < -0.4 is 0 Å². The zero-order valence-electron chi connectivity index (χ0n) is 7.20. The second kappa shape index (κ2) is 3.69. The summed E-state index contributed by atoms with van der Waals surface area (Å²) in [4.78, 5) is 6.99. The van der Waals surface area contributed by atoms with Gasteiger partial charge >= 0.3 is 0 Å². The molecule has 3 nitrogen and oxygen atoms in total. The summed E-state index contributed by atoms with van der Waals surface area (Å²) in [5.41, 5.74) is 1.35. The van der Waals surface area contributed by atoms with E-state index in [2.05, 4.69) is 16.0 Å². The van der Waals surface area contributed by atoms with Crippen molar-refractivity contribution in [2.45, 2.75) is 4.21 Å². The molecule has 0 spiro atoms. The number of aromatic amines is 1. The molecular weight excluding hydrogens is 234 g/mol. The molecule has 0 aliphatic carbocycles. The van der Waals surface area contributed by atoms with Crippen molar-refractivity contribution < 1.29 is 0 Å². The number of hydrogen-bond acceptors (Lipinski definition) is 5. The van der Waals surface area contributed by atoms with E-state index in [9.17, 15) is 0 Å². The highest BCUT2D eigenvalue weighted by Crippen LogP contribution is 2.35. The summed E-state index contributed by atoms with van der Waals surface area (Å²) < 4.78 is 2.51. The molecule has 1 N–H and O–H groups in total. The third-order valence-electron chi connectivity index (χ3n) is 1.74. The number of thioether (sulfide) groups is 1. The Kier molecular flexibility index (Phi) is 2.54. The lowest BCUT2D eigenvalue weighted by atomic mass is 10.3. The fraction of sp³-hybridized carbons (Fsp3) is 0.125. The molecule has 2 aromatic heterocycles. The van der Waals surface area contributed by atoms with Crippen molar-refractivity contribution in [3.05, 3.63) is 16.5 Å². The lowest BCUT2D eigenvalue weighted by Gasteiger charge is -1.88. The molecule has 0 saturated heterocycles. The van der Waals surface area contributed by atoms with Crippen LogP contribution in [0.1, 0.15) is 5.56 Å². The third kappa shape index (κ3) is 1.34. The lowest BCUT2D eigenvalue weighted by molar-refractivity contribution is 1.21. The molecule has 0 aromatic carbocycles. The third-order valence-corrected chi connectivity index (χ3v) is 4.51. The van der Waals surface area contributed by atoms with Gasteiger partial charge in [-0.2, -0.15) is 5.26 Å². The monoisotopic (exact) mass is 239 g/mol. The first kappa shape index (κ1) is 9.65. The quantitative estimate of drug-likeness (QED) is 0.614. The van der Waals surface area contributed by atoms with E-state index < -0.39 is 0 Å². The van der Waals surface area contributed by atoms with Gasteiger partial charge in [-0.1, -0.05) is 12.2 Å². The maximum absolute atomic E-state index is 8.99. The molecule has 70 valence electrons. The van der Waals surface area contributed by atoms with E-state index in [-0.39, 0.29) is 0 Å². The second-order valence-corrected chi connectivity index (χ2v) is 4.99. The summed E-state index contributed by atoms with van der Waals surface area (Å²) in [6.07, 6.45) is 3.47. The SMILES string of the molecule is CSc1sc2c(=S)[nH]cnc2c1C#N. The number of H-pyrrole nitrogens is 1. The Hall–Kier alpha value is -0.900. The van der Waals surface area contributed by atoms with Gasteiger partial charge in [0.05, 0.1) is 15.2 Å². The molecular formula is C8H5N3S3. The molecule has 0 aliphatic heterocycles. The van der Waals surface area contributed by atoms with Crippen LogP contribution in [0.15, 0.2) is 10.5 Å². The van der Waals surface area contributed by atoms with E-state index in [4.69, 9.17) is 17.5 Å². The van der Waals surface area contributed by atoms with E-state index in [0.29, 0.717) is 15.7 Å². The first-order chi connectivity index (χ1) is 6.77. The van der Waals surface area contributed by atoms with Crippen LogP contribution in [0, 0.1) is 16.0 Å². The van der Waals surface area contributed by atoms with Gasteiger partial charge in [-0.25, -0.2) is 4.98 Å². The minimum absolute atomic E-state index is 0.637. The molecule has 6 heteroatoms. The van der Waals surface area contributed by atoms with Crippen LogP contribution in [-0.4, -0.2) is 16.2 Å². The predicted molar refractivity (Wildman–Crippen MR) is 61.3 cm³/mol.